The molecule has 2 aliphatic heterocycles. The average Bonchev–Trinajstić information content (AvgIpc) is 3.15. The molecule has 1 fully saturated rings. The van der Waals surface area contributed by atoms with Crippen molar-refractivity contribution in [2.45, 2.75) is 17.8 Å². The van der Waals surface area contributed by atoms with E-state index >= 15 is 0 Å². The molecular formula is C20H13F4N5O3. The molecule has 3 N–H and O–H groups in total. The number of aliphatic imine (C=N–C) groups is 1. The van der Waals surface area contributed by atoms with Crippen LogP contribution < -0.4 is 11.1 Å². The number of carbonyl (C=O) groups excluding carboxylic acids is 1. The van der Waals surface area contributed by atoms with Crippen molar-refractivity contribution in [2.24, 2.45) is 16.6 Å². The van der Waals surface area contributed by atoms with Gasteiger partial charge in [-0.2, -0.15) is 22.8 Å². The van der Waals surface area contributed by atoms with E-state index in [4.69, 9.17) is 20.5 Å². The van der Waals surface area contributed by atoms with Gasteiger partial charge in [0.2, 0.25) is 0 Å². The Hall–Kier alpha value is -3.90. The van der Waals surface area contributed by atoms with E-state index < -0.39 is 54.7 Å². The zero-order chi connectivity index (χ0) is 23.1. The molecule has 4 rings (SSSR count). The molecule has 1 amide bonds. The number of carbonyl (C=O) groups is 1. The summed E-state index contributed by atoms with van der Waals surface area (Å²) in [5.41, 5.74) is 8.11. The van der Waals surface area contributed by atoms with Gasteiger partial charge in [-0.1, -0.05) is 0 Å². The fourth-order valence-electron chi connectivity index (χ4n) is 3.69. The molecule has 3 aliphatic rings. The maximum Gasteiger partial charge on any atom is 0.415 e. The molecule has 3 atom stereocenters. The molecule has 0 bridgehead atoms. The monoisotopic (exact) mass is 447 g/mol. The minimum Gasteiger partial charge on any atom is -0.465 e. The Morgan fingerprint density at radius 2 is 2.16 bits per heavy atom. The third-order valence-corrected chi connectivity index (χ3v) is 5.18. The number of allylic oxidation sites excluding steroid dienone is 1. The maximum absolute atomic E-state index is 14.8. The summed E-state index contributed by atoms with van der Waals surface area (Å²) in [7, 11) is 0. The Labute approximate surface area is 178 Å². The normalized spacial score (nSPS) is 26.6. The SMILES string of the molecule is N#Cc1ccc(C(=O)NC2=C=C=C(F)C(C34CO[C@H](C(F)(F)F)C3COC(N)=N4)=C2)nc1. The van der Waals surface area contributed by atoms with E-state index in [1.54, 1.807) is 0 Å². The number of nitriles is 1. The number of ether oxygens (including phenoxy) is 2. The van der Waals surface area contributed by atoms with Crippen molar-refractivity contribution in [1.29, 1.82) is 5.26 Å². The smallest absolute Gasteiger partial charge is 0.415 e. The van der Waals surface area contributed by atoms with Crippen LogP contribution in [0.3, 0.4) is 0 Å². The molecule has 0 saturated carbocycles. The van der Waals surface area contributed by atoms with Crippen molar-refractivity contribution in [1.82, 2.24) is 10.3 Å². The highest BCUT2D eigenvalue weighted by Crippen LogP contribution is 2.49. The fraction of sp³-hybridized carbons (Fsp3) is 0.300. The molecule has 2 unspecified atom stereocenters. The van der Waals surface area contributed by atoms with Gasteiger partial charge in [-0.05, 0) is 29.7 Å². The summed E-state index contributed by atoms with van der Waals surface area (Å²) < 4.78 is 65.1. The van der Waals surface area contributed by atoms with Crippen molar-refractivity contribution in [2.75, 3.05) is 13.2 Å². The second-order valence-corrected chi connectivity index (χ2v) is 7.10. The van der Waals surface area contributed by atoms with Gasteiger partial charge in [0, 0.05) is 11.8 Å². The average molecular weight is 447 g/mol. The molecule has 1 aromatic heterocycles. The van der Waals surface area contributed by atoms with Crippen LogP contribution in [-0.4, -0.2) is 47.9 Å². The van der Waals surface area contributed by atoms with Gasteiger partial charge >= 0.3 is 6.18 Å². The van der Waals surface area contributed by atoms with E-state index in [0.717, 1.165) is 6.08 Å². The summed E-state index contributed by atoms with van der Waals surface area (Å²) in [4.78, 5) is 20.3. The second-order valence-electron chi connectivity index (χ2n) is 7.10. The topological polar surface area (TPSA) is 123 Å². The van der Waals surface area contributed by atoms with Crippen LogP contribution in [-0.2, 0) is 9.47 Å². The number of hydrogen-bond acceptors (Lipinski definition) is 7. The van der Waals surface area contributed by atoms with Crippen molar-refractivity contribution in [3.05, 3.63) is 64.2 Å². The Morgan fingerprint density at radius 1 is 1.38 bits per heavy atom. The molecule has 12 heteroatoms. The standard InChI is InChI=1S/C20H13F4N5O3/c21-14-3-2-11(28-17(30)15-4-1-10(6-25)7-27-15)5-12(14)19-9-32-16(20(22,23)24)13(19)8-31-18(26)29-19/h1,4-5,7,13,16H,8-9H2,(H2,26,29)(H,28,30)/t13?,16-,19?/m0/s1. The fourth-order valence-corrected chi connectivity index (χ4v) is 3.69. The van der Waals surface area contributed by atoms with Gasteiger partial charge in [0.1, 0.15) is 17.3 Å². The van der Waals surface area contributed by atoms with Gasteiger partial charge in [0.15, 0.2) is 11.9 Å². The number of nitrogens with two attached hydrogens (primary N) is 1. The summed E-state index contributed by atoms with van der Waals surface area (Å²) in [5.74, 6) is -3.14. The Morgan fingerprint density at radius 3 is 2.81 bits per heavy atom. The molecule has 0 spiro atoms. The van der Waals surface area contributed by atoms with E-state index in [2.05, 4.69) is 26.8 Å². The third kappa shape index (κ3) is 3.65. The first-order chi connectivity index (χ1) is 15.1. The third-order valence-electron chi connectivity index (χ3n) is 5.18. The van der Waals surface area contributed by atoms with Crippen LogP contribution in [0.15, 0.2) is 58.0 Å². The summed E-state index contributed by atoms with van der Waals surface area (Å²) >= 11 is 0. The molecule has 1 aliphatic carbocycles. The minimum atomic E-state index is -4.74. The number of halogens is 4. The Bertz CT molecular complexity index is 1190. The number of hydrogen-bond donors (Lipinski definition) is 2. The van der Waals surface area contributed by atoms with Crippen LogP contribution in [0.25, 0.3) is 0 Å². The first-order valence-corrected chi connectivity index (χ1v) is 9.12. The van der Waals surface area contributed by atoms with E-state index in [9.17, 15) is 22.4 Å². The van der Waals surface area contributed by atoms with Crippen molar-refractivity contribution >= 4 is 11.9 Å². The van der Waals surface area contributed by atoms with Crippen LogP contribution in [0.2, 0.25) is 0 Å². The summed E-state index contributed by atoms with van der Waals surface area (Å²) in [6.07, 6.45) is -4.69. The number of nitrogens with zero attached hydrogens (tertiary/aromatic N) is 3. The van der Waals surface area contributed by atoms with Crippen LogP contribution in [0.4, 0.5) is 17.6 Å². The number of alkyl halides is 3. The zero-order valence-corrected chi connectivity index (χ0v) is 16.0. The number of pyridine rings is 1. The molecular weight excluding hydrogens is 434 g/mol. The number of amides is 1. The summed E-state index contributed by atoms with van der Waals surface area (Å²) in [6.45, 7) is -1.10. The van der Waals surface area contributed by atoms with E-state index in [0.29, 0.717) is 0 Å². The Kier molecular flexibility index (Phi) is 5.11. The minimum absolute atomic E-state index is 0.0472. The van der Waals surface area contributed by atoms with Gasteiger partial charge in [-0.3, -0.25) is 4.79 Å². The maximum atomic E-state index is 14.8. The van der Waals surface area contributed by atoms with Gasteiger partial charge in [-0.25, -0.2) is 9.98 Å². The zero-order valence-electron chi connectivity index (χ0n) is 16.0. The number of nitrogens with one attached hydrogen (secondary N) is 1. The predicted octanol–water partition coefficient (Wildman–Crippen LogP) is 1.78. The number of rotatable bonds is 3. The van der Waals surface area contributed by atoms with Crippen LogP contribution in [0, 0.1) is 17.2 Å². The Balaban J connectivity index is 1.67. The summed E-state index contributed by atoms with van der Waals surface area (Å²) in [6, 6.07) is 4.13. The van der Waals surface area contributed by atoms with E-state index in [-0.39, 0.29) is 22.5 Å². The molecule has 3 heterocycles. The van der Waals surface area contributed by atoms with Gasteiger partial charge in [-0.15, -0.1) is 0 Å². The largest absolute Gasteiger partial charge is 0.465 e. The molecule has 0 aromatic carbocycles. The molecule has 32 heavy (non-hydrogen) atoms. The molecule has 164 valence electrons. The van der Waals surface area contributed by atoms with Crippen LogP contribution >= 0.6 is 0 Å². The number of aromatic nitrogens is 1. The van der Waals surface area contributed by atoms with Crippen molar-refractivity contribution < 1.29 is 31.8 Å². The molecule has 1 saturated heterocycles. The van der Waals surface area contributed by atoms with Gasteiger partial charge in [0.25, 0.3) is 11.9 Å². The van der Waals surface area contributed by atoms with E-state index in [1.165, 1.54) is 18.3 Å². The number of fused-ring (bicyclic) bond motifs is 1. The van der Waals surface area contributed by atoms with Crippen molar-refractivity contribution in [3.8, 4) is 6.07 Å². The lowest BCUT2D eigenvalue weighted by atomic mass is 9.76. The van der Waals surface area contributed by atoms with Gasteiger partial charge in [0.05, 0.1) is 30.4 Å². The highest BCUT2D eigenvalue weighted by molar-refractivity contribution is 5.93. The lowest BCUT2D eigenvalue weighted by molar-refractivity contribution is -0.219. The predicted molar refractivity (Wildman–Crippen MR) is 99.3 cm³/mol. The first-order valence-electron chi connectivity index (χ1n) is 9.12. The van der Waals surface area contributed by atoms with Crippen LogP contribution in [0.5, 0.6) is 0 Å². The second kappa shape index (κ2) is 7.66. The molecule has 8 nitrogen and oxygen atoms in total. The van der Waals surface area contributed by atoms with Crippen LogP contribution in [0.1, 0.15) is 16.1 Å². The van der Waals surface area contributed by atoms with Gasteiger partial charge < -0.3 is 20.5 Å². The quantitative estimate of drug-likeness (QED) is 0.538. The summed E-state index contributed by atoms with van der Waals surface area (Å²) in [5, 5.41) is 11.2. The highest BCUT2D eigenvalue weighted by atomic mass is 19.4. The lowest BCUT2D eigenvalue weighted by Crippen LogP contribution is -2.51. The first kappa shape index (κ1) is 21.3. The van der Waals surface area contributed by atoms with Crippen molar-refractivity contribution in [3.63, 3.8) is 0 Å². The highest BCUT2D eigenvalue weighted by Gasteiger charge is 2.63. The lowest BCUT2D eigenvalue weighted by Gasteiger charge is -2.37. The number of amidine groups is 1. The molecule has 0 radical (unpaired) electrons. The molecule has 1 aromatic rings. The van der Waals surface area contributed by atoms with E-state index in [1.807, 2.05) is 6.07 Å².